The van der Waals surface area contributed by atoms with Gasteiger partial charge in [0.15, 0.2) is 0 Å². The van der Waals surface area contributed by atoms with E-state index in [1.54, 1.807) is 22.9 Å². The summed E-state index contributed by atoms with van der Waals surface area (Å²) in [6.07, 6.45) is 8.96. The molecule has 6 nitrogen and oxygen atoms in total. The van der Waals surface area contributed by atoms with Crippen LogP contribution in [0, 0.1) is 0 Å². The van der Waals surface area contributed by atoms with Crippen LogP contribution in [-0.2, 0) is 17.8 Å². The fraction of sp³-hybridized carbons (Fsp3) is 0.478. The topological polar surface area (TPSA) is 72.4 Å². The molecule has 1 saturated carbocycles. The van der Waals surface area contributed by atoms with Crippen molar-refractivity contribution in [1.29, 1.82) is 0 Å². The second-order valence-electron chi connectivity index (χ2n) is 8.22. The van der Waals surface area contributed by atoms with Crippen LogP contribution in [0.3, 0.4) is 0 Å². The number of hydrogen-bond acceptors (Lipinski definition) is 3. The van der Waals surface area contributed by atoms with Crippen molar-refractivity contribution in [2.24, 2.45) is 0 Å². The van der Waals surface area contributed by atoms with Crippen LogP contribution < -0.4 is 16.2 Å². The molecule has 1 aliphatic heterocycles. The molecule has 2 aliphatic rings. The lowest BCUT2D eigenvalue weighted by Gasteiger charge is -2.23. The summed E-state index contributed by atoms with van der Waals surface area (Å²) < 4.78 is 7.89. The third-order valence-corrected chi connectivity index (χ3v) is 6.07. The molecular weight excluding hydrogens is 366 g/mol. The van der Waals surface area contributed by atoms with Gasteiger partial charge in [-0.15, -0.1) is 0 Å². The Labute approximate surface area is 171 Å². The molecule has 4 rings (SSSR count). The molecule has 2 N–H and O–H groups in total. The largest absolute Gasteiger partial charge is 0.370 e. The summed E-state index contributed by atoms with van der Waals surface area (Å²) in [5.41, 5.74) is 2.16. The van der Waals surface area contributed by atoms with Gasteiger partial charge in [0.25, 0.3) is 5.56 Å². The molecule has 2 aromatic rings. The van der Waals surface area contributed by atoms with Crippen LogP contribution >= 0.6 is 0 Å². The average molecular weight is 396 g/mol. The molecule has 154 valence electrons. The van der Waals surface area contributed by atoms with Gasteiger partial charge in [0.1, 0.15) is 0 Å². The highest BCUT2D eigenvalue weighted by Crippen LogP contribution is 2.43. The molecule has 6 heteroatoms. The summed E-state index contributed by atoms with van der Waals surface area (Å²) in [7, 11) is 0. The van der Waals surface area contributed by atoms with E-state index in [4.69, 9.17) is 4.74 Å². The predicted molar refractivity (Wildman–Crippen MR) is 112 cm³/mol. The van der Waals surface area contributed by atoms with E-state index in [0.29, 0.717) is 19.6 Å². The first kappa shape index (κ1) is 19.7. The van der Waals surface area contributed by atoms with E-state index in [-0.39, 0.29) is 23.3 Å². The van der Waals surface area contributed by atoms with Crippen LogP contribution in [0.15, 0.2) is 53.5 Å². The monoisotopic (exact) mass is 395 g/mol. The highest BCUT2D eigenvalue weighted by Gasteiger charge is 2.41. The van der Waals surface area contributed by atoms with Crippen molar-refractivity contribution in [1.82, 2.24) is 15.2 Å². The zero-order valence-corrected chi connectivity index (χ0v) is 16.7. The van der Waals surface area contributed by atoms with Gasteiger partial charge in [-0.3, -0.25) is 4.79 Å². The Bertz CT molecular complexity index is 885. The molecule has 0 bridgehead atoms. The summed E-state index contributed by atoms with van der Waals surface area (Å²) in [5.74, 6) is 0. The second kappa shape index (κ2) is 8.82. The van der Waals surface area contributed by atoms with Gasteiger partial charge in [0.2, 0.25) is 0 Å². The Balaban J connectivity index is 1.19. The van der Waals surface area contributed by atoms with Crippen molar-refractivity contribution >= 4 is 6.03 Å². The average Bonchev–Trinajstić information content (AvgIpc) is 3.37. The second-order valence-corrected chi connectivity index (χ2v) is 8.22. The summed E-state index contributed by atoms with van der Waals surface area (Å²) >= 11 is 0. The maximum Gasteiger partial charge on any atom is 0.315 e. The standard InChI is InChI=1S/C23H29N3O3/c27-21-5-1-4-14-26(21)17-19-8-6-18(7-9-19)15-24-22(28)25-16-20-10-13-23(29-20)11-2-3-12-23/h1,4-9,14,20H,2-3,10-13,15-17H2,(H2,24,25,28). The van der Waals surface area contributed by atoms with Crippen LogP contribution in [0.4, 0.5) is 4.79 Å². The minimum atomic E-state index is -0.166. The zero-order chi connectivity index (χ0) is 20.1. The lowest BCUT2D eigenvalue weighted by atomic mass is 9.98. The van der Waals surface area contributed by atoms with E-state index in [1.165, 1.54) is 25.7 Å². The Kier molecular flexibility index (Phi) is 6.00. The molecule has 1 aromatic carbocycles. The number of nitrogens with zero attached hydrogens (tertiary/aromatic N) is 1. The lowest BCUT2D eigenvalue weighted by Crippen LogP contribution is -2.40. The third kappa shape index (κ3) is 5.07. The van der Waals surface area contributed by atoms with Crippen molar-refractivity contribution in [2.75, 3.05) is 6.54 Å². The maximum atomic E-state index is 12.1. The minimum absolute atomic E-state index is 0.0139. The van der Waals surface area contributed by atoms with Crippen molar-refractivity contribution in [3.8, 4) is 0 Å². The molecular formula is C23H29N3O3. The van der Waals surface area contributed by atoms with E-state index in [9.17, 15) is 9.59 Å². The number of benzene rings is 1. The third-order valence-electron chi connectivity index (χ3n) is 6.07. The van der Waals surface area contributed by atoms with Gasteiger partial charge in [-0.2, -0.15) is 0 Å². The summed E-state index contributed by atoms with van der Waals surface area (Å²) in [6, 6.07) is 12.9. The fourth-order valence-corrected chi connectivity index (χ4v) is 4.43. The van der Waals surface area contributed by atoms with E-state index < -0.39 is 0 Å². The van der Waals surface area contributed by atoms with E-state index >= 15 is 0 Å². The summed E-state index contributed by atoms with van der Waals surface area (Å²) in [4.78, 5) is 23.9. The van der Waals surface area contributed by atoms with Gasteiger partial charge in [-0.1, -0.05) is 43.2 Å². The number of urea groups is 1. The summed E-state index contributed by atoms with van der Waals surface area (Å²) in [5, 5.41) is 5.84. The predicted octanol–water partition coefficient (Wildman–Crippen LogP) is 3.19. The van der Waals surface area contributed by atoms with Crippen molar-refractivity contribution in [2.45, 2.75) is 63.3 Å². The van der Waals surface area contributed by atoms with Crippen molar-refractivity contribution in [3.05, 3.63) is 70.1 Å². The fourth-order valence-electron chi connectivity index (χ4n) is 4.43. The van der Waals surface area contributed by atoms with Gasteiger partial charge in [0, 0.05) is 25.4 Å². The Morgan fingerprint density at radius 3 is 2.55 bits per heavy atom. The summed E-state index contributed by atoms with van der Waals surface area (Å²) in [6.45, 7) is 1.57. The van der Waals surface area contributed by atoms with E-state index in [0.717, 1.165) is 24.0 Å². The number of aromatic nitrogens is 1. The number of carbonyl (C=O) groups excluding carboxylic acids is 1. The highest BCUT2D eigenvalue weighted by molar-refractivity contribution is 5.73. The molecule has 2 heterocycles. The number of pyridine rings is 1. The zero-order valence-electron chi connectivity index (χ0n) is 16.7. The molecule has 1 atom stereocenters. The SMILES string of the molecule is O=C(NCc1ccc(Cn2ccccc2=O)cc1)NCC1CCC2(CCCC2)O1. The molecule has 2 fully saturated rings. The number of ether oxygens (including phenoxy) is 1. The number of nitrogens with one attached hydrogen (secondary N) is 2. The molecule has 0 radical (unpaired) electrons. The number of carbonyl (C=O) groups is 1. The van der Waals surface area contributed by atoms with Gasteiger partial charge in [-0.05, 0) is 42.9 Å². The van der Waals surface area contributed by atoms with Crippen LogP contribution in [0.2, 0.25) is 0 Å². The number of hydrogen-bond donors (Lipinski definition) is 2. The molecule has 29 heavy (non-hydrogen) atoms. The van der Waals surface area contributed by atoms with Crippen LogP contribution in [0.1, 0.15) is 49.7 Å². The first-order chi connectivity index (χ1) is 14.1. The number of amides is 2. The first-order valence-corrected chi connectivity index (χ1v) is 10.5. The molecule has 1 aliphatic carbocycles. The molecule has 1 aromatic heterocycles. The van der Waals surface area contributed by atoms with Crippen LogP contribution in [0.25, 0.3) is 0 Å². The Hall–Kier alpha value is -2.60. The molecule has 1 spiro atoms. The quantitative estimate of drug-likeness (QED) is 0.789. The van der Waals surface area contributed by atoms with Crippen LogP contribution in [0.5, 0.6) is 0 Å². The van der Waals surface area contributed by atoms with Crippen molar-refractivity contribution in [3.63, 3.8) is 0 Å². The highest BCUT2D eigenvalue weighted by atomic mass is 16.5. The molecule has 1 saturated heterocycles. The van der Waals surface area contributed by atoms with Gasteiger partial charge in [0.05, 0.1) is 18.2 Å². The Morgan fingerprint density at radius 2 is 1.79 bits per heavy atom. The van der Waals surface area contributed by atoms with E-state index in [2.05, 4.69) is 10.6 Å². The lowest BCUT2D eigenvalue weighted by molar-refractivity contribution is -0.0341. The Morgan fingerprint density at radius 1 is 1.03 bits per heavy atom. The van der Waals surface area contributed by atoms with Crippen LogP contribution in [-0.4, -0.2) is 28.8 Å². The molecule has 2 amide bonds. The first-order valence-electron chi connectivity index (χ1n) is 10.5. The number of rotatable bonds is 6. The van der Waals surface area contributed by atoms with E-state index in [1.807, 2.05) is 30.3 Å². The van der Waals surface area contributed by atoms with Gasteiger partial charge < -0.3 is 19.9 Å². The minimum Gasteiger partial charge on any atom is -0.370 e. The normalized spacial score (nSPS) is 20.1. The maximum absolute atomic E-state index is 12.1. The van der Waals surface area contributed by atoms with Gasteiger partial charge >= 0.3 is 6.03 Å². The van der Waals surface area contributed by atoms with Crippen molar-refractivity contribution < 1.29 is 9.53 Å². The molecule has 1 unspecified atom stereocenters. The smallest absolute Gasteiger partial charge is 0.315 e. The van der Waals surface area contributed by atoms with Gasteiger partial charge in [-0.25, -0.2) is 4.79 Å².